The number of aromatic nitrogens is 2. The minimum absolute atomic E-state index is 0.191. The minimum atomic E-state index is -1.30. The Morgan fingerprint density at radius 1 is 1.39 bits per heavy atom. The Bertz CT molecular complexity index is 693. The summed E-state index contributed by atoms with van der Waals surface area (Å²) >= 11 is 0. The van der Waals surface area contributed by atoms with Gasteiger partial charge < -0.3 is 15.2 Å². The summed E-state index contributed by atoms with van der Waals surface area (Å²) in [6, 6.07) is 6.53. The summed E-state index contributed by atoms with van der Waals surface area (Å²) in [5, 5.41) is 15.6. The van der Waals surface area contributed by atoms with Crippen molar-refractivity contribution >= 4 is 11.9 Å². The lowest BCUT2D eigenvalue weighted by Gasteiger charge is -2.15. The molecule has 7 nitrogen and oxygen atoms in total. The maximum atomic E-state index is 12.8. The fourth-order valence-electron chi connectivity index (χ4n) is 1.80. The van der Waals surface area contributed by atoms with Crippen molar-refractivity contribution in [3.05, 3.63) is 47.5 Å². The number of rotatable bonds is 6. The van der Waals surface area contributed by atoms with Crippen LogP contribution in [0.2, 0.25) is 0 Å². The number of amides is 1. The Hall–Kier alpha value is -2.90. The Labute approximate surface area is 131 Å². The second kappa shape index (κ2) is 6.91. The van der Waals surface area contributed by atoms with Crippen LogP contribution >= 0.6 is 0 Å². The van der Waals surface area contributed by atoms with Gasteiger partial charge in [0.2, 0.25) is 6.10 Å². The number of hydrogen-bond acceptors (Lipinski definition) is 4. The summed E-state index contributed by atoms with van der Waals surface area (Å²) in [6.07, 6.45) is -1.30. The van der Waals surface area contributed by atoms with Crippen LogP contribution in [0.3, 0.4) is 0 Å². The third-order valence-electron chi connectivity index (χ3n) is 3.16. The highest BCUT2D eigenvalue weighted by atomic mass is 19.1. The van der Waals surface area contributed by atoms with Gasteiger partial charge in [-0.15, -0.1) is 0 Å². The highest BCUT2D eigenvalue weighted by Crippen LogP contribution is 2.13. The zero-order chi connectivity index (χ0) is 17.0. The van der Waals surface area contributed by atoms with Crippen LogP contribution in [0.25, 0.3) is 0 Å². The number of aliphatic carboxylic acids is 1. The fraction of sp³-hybridized carbons (Fsp3) is 0.267. The Morgan fingerprint density at radius 3 is 2.57 bits per heavy atom. The molecule has 0 aliphatic carbocycles. The van der Waals surface area contributed by atoms with Crippen molar-refractivity contribution in [1.82, 2.24) is 15.1 Å². The van der Waals surface area contributed by atoms with Gasteiger partial charge in [0.25, 0.3) is 5.91 Å². The van der Waals surface area contributed by atoms with Gasteiger partial charge in [-0.2, -0.15) is 5.10 Å². The lowest BCUT2D eigenvalue weighted by atomic mass is 10.3. The van der Waals surface area contributed by atoms with E-state index in [0.717, 1.165) is 17.8 Å². The van der Waals surface area contributed by atoms with Crippen LogP contribution in [-0.4, -0.2) is 39.4 Å². The first-order chi connectivity index (χ1) is 10.9. The van der Waals surface area contributed by atoms with Crippen LogP contribution in [0.5, 0.6) is 5.75 Å². The van der Waals surface area contributed by atoms with Crippen molar-refractivity contribution in [2.75, 3.05) is 6.54 Å². The largest absolute Gasteiger partial charge is 0.478 e. The van der Waals surface area contributed by atoms with Crippen LogP contribution in [0.15, 0.2) is 30.3 Å². The van der Waals surface area contributed by atoms with E-state index in [1.54, 1.807) is 24.7 Å². The molecule has 1 aromatic heterocycles. The highest BCUT2D eigenvalue weighted by molar-refractivity contribution is 5.92. The lowest BCUT2D eigenvalue weighted by molar-refractivity contribution is -0.144. The quantitative estimate of drug-likeness (QED) is 0.832. The molecule has 0 bridgehead atoms. The van der Waals surface area contributed by atoms with E-state index in [-0.39, 0.29) is 18.0 Å². The van der Waals surface area contributed by atoms with Gasteiger partial charge in [-0.05, 0) is 37.3 Å². The van der Waals surface area contributed by atoms with Crippen molar-refractivity contribution in [2.24, 2.45) is 7.05 Å². The van der Waals surface area contributed by atoms with Crippen molar-refractivity contribution in [3.63, 3.8) is 0 Å². The molecule has 1 unspecified atom stereocenters. The van der Waals surface area contributed by atoms with Gasteiger partial charge in [0.15, 0.2) is 0 Å². The molecule has 0 fully saturated rings. The summed E-state index contributed by atoms with van der Waals surface area (Å²) in [5.74, 6) is -2.00. The first kappa shape index (κ1) is 16.5. The number of aryl methyl sites for hydroxylation is 2. The molecule has 0 saturated heterocycles. The average molecular weight is 321 g/mol. The van der Waals surface area contributed by atoms with E-state index < -0.39 is 23.8 Å². The fourth-order valence-corrected chi connectivity index (χ4v) is 1.80. The number of nitrogens with one attached hydrogen (secondary N) is 1. The van der Waals surface area contributed by atoms with E-state index >= 15 is 0 Å². The van der Waals surface area contributed by atoms with Gasteiger partial charge in [-0.25, -0.2) is 9.18 Å². The van der Waals surface area contributed by atoms with E-state index in [9.17, 15) is 14.0 Å². The second-order valence-electron chi connectivity index (χ2n) is 4.90. The summed E-state index contributed by atoms with van der Waals surface area (Å²) in [5.41, 5.74) is 0.989. The van der Waals surface area contributed by atoms with Crippen LogP contribution < -0.4 is 10.1 Å². The van der Waals surface area contributed by atoms with Crippen molar-refractivity contribution in [2.45, 2.75) is 13.0 Å². The molecule has 0 aliphatic rings. The van der Waals surface area contributed by atoms with Crippen LogP contribution in [-0.2, 0) is 11.8 Å². The molecule has 0 spiro atoms. The lowest BCUT2D eigenvalue weighted by Crippen LogP contribution is -2.40. The number of ether oxygens (including phenoxy) is 1. The number of carboxylic acid groups (broad SMARTS) is 1. The van der Waals surface area contributed by atoms with Crippen LogP contribution in [0, 0.1) is 12.7 Å². The van der Waals surface area contributed by atoms with Gasteiger partial charge in [0, 0.05) is 12.7 Å². The van der Waals surface area contributed by atoms with Crippen molar-refractivity contribution in [1.29, 1.82) is 0 Å². The van der Waals surface area contributed by atoms with E-state index in [1.165, 1.54) is 12.1 Å². The van der Waals surface area contributed by atoms with E-state index in [1.807, 2.05) is 0 Å². The standard InChI is InChI=1S/C15H16FN3O4/c1-9-7-12(18-19(9)2)14(20)17-8-13(15(21)22)23-11-5-3-10(16)4-6-11/h3-7,13H,8H2,1-2H3,(H,17,20)(H,21,22). The molecule has 0 aliphatic heterocycles. The number of carbonyl (C=O) groups is 2. The zero-order valence-corrected chi connectivity index (χ0v) is 12.6. The molecule has 2 N–H and O–H groups in total. The number of halogens is 1. The number of carboxylic acids is 1. The van der Waals surface area contributed by atoms with Crippen LogP contribution in [0.4, 0.5) is 4.39 Å². The third kappa shape index (κ3) is 4.29. The third-order valence-corrected chi connectivity index (χ3v) is 3.16. The summed E-state index contributed by atoms with van der Waals surface area (Å²) in [6.45, 7) is 1.54. The Morgan fingerprint density at radius 2 is 2.04 bits per heavy atom. The van der Waals surface area contributed by atoms with E-state index in [2.05, 4.69) is 10.4 Å². The highest BCUT2D eigenvalue weighted by Gasteiger charge is 2.21. The predicted octanol–water partition coefficient (Wildman–Crippen LogP) is 1.13. The molecule has 23 heavy (non-hydrogen) atoms. The monoisotopic (exact) mass is 321 g/mol. The average Bonchev–Trinajstić information content (AvgIpc) is 2.84. The molecule has 0 saturated carbocycles. The van der Waals surface area contributed by atoms with Gasteiger partial charge in [-0.1, -0.05) is 0 Å². The molecule has 122 valence electrons. The Kier molecular flexibility index (Phi) is 4.95. The van der Waals surface area contributed by atoms with Crippen molar-refractivity contribution < 1.29 is 23.8 Å². The molecule has 0 radical (unpaired) electrons. The first-order valence-corrected chi connectivity index (χ1v) is 6.80. The van der Waals surface area contributed by atoms with Crippen molar-refractivity contribution in [3.8, 4) is 5.75 Å². The number of hydrogen-bond donors (Lipinski definition) is 2. The van der Waals surface area contributed by atoms with E-state index in [4.69, 9.17) is 9.84 Å². The molecule has 2 rings (SSSR count). The SMILES string of the molecule is Cc1cc(C(=O)NCC(Oc2ccc(F)cc2)C(=O)O)nn1C. The molecule has 2 aromatic rings. The molecular weight excluding hydrogens is 305 g/mol. The number of carbonyl (C=O) groups excluding carboxylic acids is 1. The van der Waals surface area contributed by atoms with Gasteiger partial charge in [0.05, 0.1) is 6.54 Å². The molecule has 1 heterocycles. The molecule has 8 heteroatoms. The normalized spacial score (nSPS) is 11.8. The summed E-state index contributed by atoms with van der Waals surface area (Å²) in [7, 11) is 1.70. The van der Waals surface area contributed by atoms with Crippen LogP contribution in [0.1, 0.15) is 16.2 Å². The van der Waals surface area contributed by atoms with Gasteiger partial charge in [-0.3, -0.25) is 9.48 Å². The maximum Gasteiger partial charge on any atom is 0.346 e. The number of benzene rings is 1. The summed E-state index contributed by atoms with van der Waals surface area (Å²) < 4.78 is 19.6. The van der Waals surface area contributed by atoms with Gasteiger partial charge in [0.1, 0.15) is 17.3 Å². The zero-order valence-electron chi connectivity index (χ0n) is 12.6. The Balaban J connectivity index is 1.98. The molecular formula is C15H16FN3O4. The van der Waals surface area contributed by atoms with E-state index in [0.29, 0.717) is 0 Å². The topological polar surface area (TPSA) is 93.4 Å². The molecule has 1 amide bonds. The smallest absolute Gasteiger partial charge is 0.346 e. The number of nitrogens with zero attached hydrogens (tertiary/aromatic N) is 2. The second-order valence-corrected chi connectivity index (χ2v) is 4.90. The van der Waals surface area contributed by atoms with Gasteiger partial charge >= 0.3 is 5.97 Å². The predicted molar refractivity (Wildman–Crippen MR) is 78.7 cm³/mol. The molecule has 1 aromatic carbocycles. The maximum absolute atomic E-state index is 12.8. The minimum Gasteiger partial charge on any atom is -0.478 e. The summed E-state index contributed by atoms with van der Waals surface area (Å²) in [4.78, 5) is 23.2. The molecule has 1 atom stereocenters. The first-order valence-electron chi connectivity index (χ1n) is 6.80.